The Morgan fingerprint density at radius 1 is 0.358 bits per heavy atom. The normalized spacial score (nSPS) is 12.1. The van der Waals surface area contributed by atoms with Crippen molar-refractivity contribution in [1.29, 1.82) is 0 Å². The fraction of sp³-hybridized carbons (Fsp3) is 0.936. The van der Waals surface area contributed by atoms with E-state index in [-0.39, 0.29) is 31.1 Å². The zero-order chi connectivity index (χ0) is 39.0. The van der Waals surface area contributed by atoms with Gasteiger partial charge in [0.15, 0.2) is 6.10 Å². The molecule has 0 aliphatic carbocycles. The minimum atomic E-state index is -0.760. The van der Waals surface area contributed by atoms with Crippen molar-refractivity contribution in [2.75, 3.05) is 13.2 Å². The molecule has 0 aromatic heterocycles. The van der Waals surface area contributed by atoms with Crippen LogP contribution in [0, 0.1) is 11.8 Å². The molecule has 0 fully saturated rings. The number of hydrogen-bond donors (Lipinski definition) is 0. The van der Waals surface area contributed by atoms with Crippen molar-refractivity contribution in [2.24, 2.45) is 11.8 Å². The van der Waals surface area contributed by atoms with Crippen LogP contribution in [0.15, 0.2) is 0 Å². The third kappa shape index (κ3) is 41.4. The zero-order valence-electron chi connectivity index (χ0n) is 36.1. The lowest BCUT2D eigenvalue weighted by Gasteiger charge is -2.18. The van der Waals surface area contributed by atoms with E-state index in [1.807, 2.05) is 0 Å². The van der Waals surface area contributed by atoms with Gasteiger partial charge in [-0.15, -0.1) is 0 Å². The van der Waals surface area contributed by atoms with Crippen molar-refractivity contribution in [3.63, 3.8) is 0 Å². The number of ether oxygens (including phenoxy) is 3. The zero-order valence-corrected chi connectivity index (χ0v) is 36.1. The van der Waals surface area contributed by atoms with E-state index < -0.39 is 6.10 Å². The first-order valence-corrected chi connectivity index (χ1v) is 23.2. The van der Waals surface area contributed by atoms with E-state index in [2.05, 4.69) is 34.6 Å². The first kappa shape index (κ1) is 51.4. The number of hydrogen-bond acceptors (Lipinski definition) is 6. The van der Waals surface area contributed by atoms with Crippen molar-refractivity contribution in [3.8, 4) is 0 Å². The highest BCUT2D eigenvalue weighted by Gasteiger charge is 2.19. The average molecular weight is 751 g/mol. The van der Waals surface area contributed by atoms with Gasteiger partial charge in [-0.3, -0.25) is 14.4 Å². The molecule has 0 bridgehead atoms. The van der Waals surface area contributed by atoms with Gasteiger partial charge in [0.05, 0.1) is 0 Å². The van der Waals surface area contributed by atoms with E-state index in [4.69, 9.17) is 14.2 Å². The van der Waals surface area contributed by atoms with E-state index in [1.165, 1.54) is 141 Å². The maximum absolute atomic E-state index is 12.7. The van der Waals surface area contributed by atoms with Crippen LogP contribution < -0.4 is 0 Å². The monoisotopic (exact) mass is 751 g/mol. The lowest BCUT2D eigenvalue weighted by atomic mass is 10.0. The third-order valence-corrected chi connectivity index (χ3v) is 10.5. The number of unbranched alkanes of at least 4 members (excludes halogenated alkanes) is 26. The van der Waals surface area contributed by atoms with Crippen LogP contribution >= 0.6 is 0 Å². The summed E-state index contributed by atoms with van der Waals surface area (Å²) in [5, 5.41) is 0. The highest BCUT2D eigenvalue weighted by atomic mass is 16.6. The molecular weight excluding hydrogens is 661 g/mol. The van der Waals surface area contributed by atoms with Crippen molar-refractivity contribution in [2.45, 2.75) is 259 Å². The molecule has 0 radical (unpaired) electrons. The maximum atomic E-state index is 12.7. The summed E-state index contributed by atoms with van der Waals surface area (Å²) < 4.78 is 16.7. The van der Waals surface area contributed by atoms with Gasteiger partial charge >= 0.3 is 17.9 Å². The molecule has 0 rings (SSSR count). The molecule has 0 aromatic rings. The topological polar surface area (TPSA) is 78.9 Å². The van der Waals surface area contributed by atoms with Crippen LogP contribution in [0.3, 0.4) is 0 Å². The molecule has 0 heterocycles. The standard InChI is InChI=1S/C47H90O6/c1-6-7-8-9-10-11-13-17-22-27-32-37-45(48)51-40-44(41-52-46(49)38-33-28-24-19-21-26-31-36-43(4)5)53-47(50)39-34-29-23-18-15-12-14-16-20-25-30-35-42(2)3/h42-44H,6-41H2,1-5H3/t44-/m0/s1. The van der Waals surface area contributed by atoms with Crippen LogP contribution in [-0.4, -0.2) is 37.2 Å². The number of carbonyl (C=O) groups excluding carboxylic acids is 3. The van der Waals surface area contributed by atoms with Gasteiger partial charge in [-0.1, -0.05) is 214 Å². The first-order chi connectivity index (χ1) is 25.7. The molecule has 53 heavy (non-hydrogen) atoms. The van der Waals surface area contributed by atoms with E-state index >= 15 is 0 Å². The summed E-state index contributed by atoms with van der Waals surface area (Å²) >= 11 is 0. The predicted molar refractivity (Wildman–Crippen MR) is 224 cm³/mol. The van der Waals surface area contributed by atoms with Crippen molar-refractivity contribution in [3.05, 3.63) is 0 Å². The Hall–Kier alpha value is -1.59. The van der Waals surface area contributed by atoms with E-state index in [1.54, 1.807) is 0 Å². The number of rotatable bonds is 41. The lowest BCUT2D eigenvalue weighted by Crippen LogP contribution is -2.30. The van der Waals surface area contributed by atoms with Gasteiger partial charge in [0.2, 0.25) is 0 Å². The molecule has 0 spiro atoms. The van der Waals surface area contributed by atoms with Crippen LogP contribution in [0.2, 0.25) is 0 Å². The highest BCUT2D eigenvalue weighted by molar-refractivity contribution is 5.71. The minimum Gasteiger partial charge on any atom is -0.462 e. The molecule has 0 N–H and O–H groups in total. The largest absolute Gasteiger partial charge is 0.462 e. The molecule has 0 aliphatic rings. The molecule has 1 atom stereocenters. The van der Waals surface area contributed by atoms with Crippen LogP contribution in [-0.2, 0) is 28.6 Å². The first-order valence-electron chi connectivity index (χ1n) is 23.2. The van der Waals surface area contributed by atoms with E-state index in [9.17, 15) is 14.4 Å². The van der Waals surface area contributed by atoms with Gasteiger partial charge in [-0.25, -0.2) is 0 Å². The molecule has 0 aliphatic heterocycles. The van der Waals surface area contributed by atoms with Gasteiger partial charge in [0, 0.05) is 19.3 Å². The summed E-state index contributed by atoms with van der Waals surface area (Å²) in [4.78, 5) is 37.7. The fourth-order valence-corrected chi connectivity index (χ4v) is 6.93. The second-order valence-electron chi connectivity index (χ2n) is 17.0. The summed E-state index contributed by atoms with van der Waals surface area (Å²) in [6.07, 6.45) is 38.1. The molecule has 0 saturated carbocycles. The average Bonchev–Trinajstić information content (AvgIpc) is 3.12. The van der Waals surface area contributed by atoms with E-state index in [0.717, 1.165) is 69.6 Å². The molecule has 0 amide bonds. The molecular formula is C47H90O6. The molecule has 0 unspecified atom stereocenters. The summed E-state index contributed by atoms with van der Waals surface area (Å²) in [7, 11) is 0. The van der Waals surface area contributed by atoms with Gasteiger partial charge in [0.25, 0.3) is 0 Å². The third-order valence-electron chi connectivity index (χ3n) is 10.5. The second kappa shape index (κ2) is 40.1. The molecule has 6 nitrogen and oxygen atoms in total. The minimum absolute atomic E-state index is 0.0651. The Balaban J connectivity index is 4.33. The Morgan fingerprint density at radius 3 is 0.925 bits per heavy atom. The molecule has 314 valence electrons. The number of esters is 3. The highest BCUT2D eigenvalue weighted by Crippen LogP contribution is 2.16. The predicted octanol–water partition coefficient (Wildman–Crippen LogP) is 14.6. The molecule has 0 saturated heterocycles. The summed E-state index contributed by atoms with van der Waals surface area (Å²) in [5.41, 5.74) is 0. The molecule has 0 aromatic carbocycles. The summed E-state index contributed by atoms with van der Waals surface area (Å²) in [6.45, 7) is 11.3. The Labute approximate surface area is 329 Å². The van der Waals surface area contributed by atoms with Crippen LogP contribution in [0.1, 0.15) is 253 Å². The van der Waals surface area contributed by atoms with Gasteiger partial charge in [-0.05, 0) is 31.1 Å². The second-order valence-corrected chi connectivity index (χ2v) is 17.0. The van der Waals surface area contributed by atoms with Crippen LogP contribution in [0.25, 0.3) is 0 Å². The molecule has 6 heteroatoms. The lowest BCUT2D eigenvalue weighted by molar-refractivity contribution is -0.167. The maximum Gasteiger partial charge on any atom is 0.306 e. The van der Waals surface area contributed by atoms with Gasteiger partial charge in [-0.2, -0.15) is 0 Å². The Kier molecular flexibility index (Phi) is 38.9. The number of carbonyl (C=O) groups is 3. The Bertz CT molecular complexity index is 809. The van der Waals surface area contributed by atoms with Gasteiger partial charge < -0.3 is 14.2 Å². The fourth-order valence-electron chi connectivity index (χ4n) is 6.93. The Morgan fingerprint density at radius 2 is 0.623 bits per heavy atom. The van der Waals surface area contributed by atoms with Crippen LogP contribution in [0.4, 0.5) is 0 Å². The smallest absolute Gasteiger partial charge is 0.306 e. The quantitative estimate of drug-likeness (QED) is 0.0352. The van der Waals surface area contributed by atoms with Crippen molar-refractivity contribution in [1.82, 2.24) is 0 Å². The van der Waals surface area contributed by atoms with E-state index in [0.29, 0.717) is 19.3 Å². The van der Waals surface area contributed by atoms with Crippen molar-refractivity contribution < 1.29 is 28.6 Å². The SMILES string of the molecule is CCCCCCCCCCCCCC(=O)OC[C@@H](COC(=O)CCCCCCCCCC(C)C)OC(=O)CCCCCCCCCCCCCC(C)C. The van der Waals surface area contributed by atoms with Crippen molar-refractivity contribution >= 4 is 17.9 Å². The van der Waals surface area contributed by atoms with Crippen LogP contribution in [0.5, 0.6) is 0 Å². The summed E-state index contributed by atoms with van der Waals surface area (Å²) in [6, 6.07) is 0. The summed E-state index contributed by atoms with van der Waals surface area (Å²) in [5.74, 6) is 0.747. The van der Waals surface area contributed by atoms with Gasteiger partial charge in [0.1, 0.15) is 13.2 Å².